The summed E-state index contributed by atoms with van der Waals surface area (Å²) in [6.45, 7) is 1.99. The van der Waals surface area contributed by atoms with Crippen LogP contribution >= 0.6 is 0 Å². The number of methoxy groups -OCH3 is 1. The van der Waals surface area contributed by atoms with Crippen LogP contribution in [0.25, 0.3) is 22.3 Å². The number of nitrogens with one attached hydrogen (secondary N) is 2. The van der Waals surface area contributed by atoms with Crippen LogP contribution in [0.15, 0.2) is 59.3 Å². The fraction of sp³-hybridized carbons (Fsp3) is 0.261. The van der Waals surface area contributed by atoms with E-state index in [4.69, 9.17) is 9.26 Å². The average Bonchev–Trinajstić information content (AvgIpc) is 3.42. The fourth-order valence-electron chi connectivity index (χ4n) is 3.37. The van der Waals surface area contributed by atoms with Crippen molar-refractivity contribution in [3.8, 4) is 17.1 Å². The molecule has 1 unspecified atom stereocenters. The van der Waals surface area contributed by atoms with Gasteiger partial charge in [0.05, 0.1) is 13.2 Å². The van der Waals surface area contributed by atoms with Crippen molar-refractivity contribution in [1.29, 1.82) is 0 Å². The van der Waals surface area contributed by atoms with Gasteiger partial charge in [0, 0.05) is 30.1 Å². The molecule has 0 spiro atoms. The van der Waals surface area contributed by atoms with E-state index in [2.05, 4.69) is 26.5 Å². The quantitative estimate of drug-likeness (QED) is 0.453. The van der Waals surface area contributed by atoms with Crippen molar-refractivity contribution in [2.75, 3.05) is 7.11 Å². The first-order valence-corrected chi connectivity index (χ1v) is 9.96. The molecule has 7 heteroatoms. The van der Waals surface area contributed by atoms with Gasteiger partial charge in [-0.2, -0.15) is 4.98 Å². The van der Waals surface area contributed by atoms with Crippen molar-refractivity contribution < 1.29 is 14.1 Å². The topological polar surface area (TPSA) is 93.0 Å². The minimum atomic E-state index is -0.0557. The van der Waals surface area contributed by atoms with Crippen LogP contribution in [0.1, 0.15) is 37.3 Å². The second-order valence-electron chi connectivity index (χ2n) is 7.21. The second-order valence-corrected chi connectivity index (χ2v) is 7.21. The number of ether oxygens (including phenoxy) is 1. The molecule has 4 aromatic rings. The SMILES string of the molecule is COc1cccc(-c2noc(CCCC(=O)NC(C)c3ccc4[nH]ccc4c3)n2)c1. The van der Waals surface area contributed by atoms with E-state index >= 15 is 0 Å². The molecule has 2 aromatic carbocycles. The Labute approximate surface area is 174 Å². The van der Waals surface area contributed by atoms with Gasteiger partial charge < -0.3 is 19.6 Å². The van der Waals surface area contributed by atoms with Gasteiger partial charge in [-0.05, 0) is 54.6 Å². The highest BCUT2D eigenvalue weighted by Crippen LogP contribution is 2.22. The molecule has 154 valence electrons. The molecule has 7 nitrogen and oxygen atoms in total. The standard InChI is InChI=1S/C23H24N4O3/c1-15(16-9-10-20-17(13-16)11-12-24-20)25-21(28)7-4-8-22-26-23(27-30-22)18-5-3-6-19(14-18)29-2/h3,5-6,9-15,24H,4,7-8H2,1-2H3,(H,25,28). The van der Waals surface area contributed by atoms with Crippen LogP contribution in [0, 0.1) is 0 Å². The molecule has 1 atom stereocenters. The van der Waals surface area contributed by atoms with E-state index in [1.807, 2.05) is 55.6 Å². The Bertz CT molecular complexity index is 1150. The molecular formula is C23H24N4O3. The number of aromatic amines is 1. The summed E-state index contributed by atoms with van der Waals surface area (Å²) in [6.07, 6.45) is 3.49. The minimum Gasteiger partial charge on any atom is -0.497 e. The van der Waals surface area contributed by atoms with Gasteiger partial charge in [0.25, 0.3) is 0 Å². The third kappa shape index (κ3) is 4.51. The summed E-state index contributed by atoms with van der Waals surface area (Å²) in [7, 11) is 1.62. The molecule has 0 bridgehead atoms. The third-order valence-electron chi connectivity index (χ3n) is 5.05. The zero-order valence-corrected chi connectivity index (χ0v) is 17.0. The number of nitrogens with zero attached hydrogens (tertiary/aromatic N) is 2. The number of aromatic nitrogens is 3. The Morgan fingerprint density at radius 1 is 1.23 bits per heavy atom. The van der Waals surface area contributed by atoms with E-state index in [0.717, 1.165) is 27.8 Å². The number of benzene rings is 2. The van der Waals surface area contributed by atoms with Crippen LogP contribution in [-0.2, 0) is 11.2 Å². The van der Waals surface area contributed by atoms with Crippen LogP contribution < -0.4 is 10.1 Å². The minimum absolute atomic E-state index is 0.00389. The first-order valence-electron chi connectivity index (χ1n) is 9.96. The van der Waals surface area contributed by atoms with Crippen molar-refractivity contribution >= 4 is 16.8 Å². The van der Waals surface area contributed by atoms with Gasteiger partial charge in [0.1, 0.15) is 5.75 Å². The van der Waals surface area contributed by atoms with E-state index in [9.17, 15) is 4.79 Å². The number of hydrogen-bond donors (Lipinski definition) is 2. The van der Waals surface area contributed by atoms with E-state index in [0.29, 0.717) is 31.0 Å². The molecule has 0 saturated carbocycles. The summed E-state index contributed by atoms with van der Waals surface area (Å²) >= 11 is 0. The van der Waals surface area contributed by atoms with Crippen LogP contribution in [0.4, 0.5) is 0 Å². The maximum absolute atomic E-state index is 12.3. The van der Waals surface area contributed by atoms with E-state index < -0.39 is 0 Å². The summed E-state index contributed by atoms with van der Waals surface area (Å²) in [5, 5.41) is 8.21. The number of carbonyl (C=O) groups excluding carboxylic acids is 1. The smallest absolute Gasteiger partial charge is 0.226 e. The number of hydrogen-bond acceptors (Lipinski definition) is 5. The third-order valence-corrected chi connectivity index (χ3v) is 5.05. The monoisotopic (exact) mass is 404 g/mol. The molecule has 0 fully saturated rings. The summed E-state index contributed by atoms with van der Waals surface area (Å²) < 4.78 is 10.5. The van der Waals surface area contributed by atoms with E-state index in [1.165, 1.54) is 0 Å². The molecule has 30 heavy (non-hydrogen) atoms. The number of aryl methyl sites for hydroxylation is 1. The lowest BCUT2D eigenvalue weighted by Crippen LogP contribution is -2.26. The van der Waals surface area contributed by atoms with E-state index in [1.54, 1.807) is 7.11 Å². The largest absolute Gasteiger partial charge is 0.497 e. The van der Waals surface area contributed by atoms with Crippen LogP contribution in [0.2, 0.25) is 0 Å². The van der Waals surface area contributed by atoms with Gasteiger partial charge in [0.2, 0.25) is 17.6 Å². The Balaban J connectivity index is 1.27. The lowest BCUT2D eigenvalue weighted by Gasteiger charge is -2.14. The summed E-state index contributed by atoms with van der Waals surface area (Å²) in [5.74, 6) is 1.78. The lowest BCUT2D eigenvalue weighted by atomic mass is 10.1. The molecule has 4 rings (SSSR count). The summed E-state index contributed by atoms with van der Waals surface area (Å²) in [5.41, 5.74) is 3.00. The lowest BCUT2D eigenvalue weighted by molar-refractivity contribution is -0.121. The zero-order valence-electron chi connectivity index (χ0n) is 17.0. The molecule has 0 radical (unpaired) electrons. The van der Waals surface area contributed by atoms with Crippen molar-refractivity contribution in [2.45, 2.75) is 32.2 Å². The van der Waals surface area contributed by atoms with Crippen LogP contribution in [0.3, 0.4) is 0 Å². The van der Waals surface area contributed by atoms with Crippen LogP contribution in [-0.4, -0.2) is 28.1 Å². The Kier molecular flexibility index (Phi) is 5.79. The highest BCUT2D eigenvalue weighted by Gasteiger charge is 2.13. The normalized spacial score (nSPS) is 12.1. The zero-order chi connectivity index (χ0) is 20.9. The van der Waals surface area contributed by atoms with E-state index in [-0.39, 0.29) is 11.9 Å². The van der Waals surface area contributed by atoms with Gasteiger partial charge in [0.15, 0.2) is 0 Å². The molecule has 0 aliphatic carbocycles. The predicted octanol–water partition coefficient (Wildman–Crippen LogP) is 4.43. The molecular weight excluding hydrogens is 380 g/mol. The number of rotatable bonds is 8. The molecule has 2 aromatic heterocycles. The van der Waals surface area contributed by atoms with Crippen molar-refractivity contribution in [3.05, 3.63) is 66.2 Å². The van der Waals surface area contributed by atoms with Crippen LogP contribution in [0.5, 0.6) is 5.75 Å². The summed E-state index contributed by atoms with van der Waals surface area (Å²) in [6, 6.07) is 15.6. The number of amides is 1. The van der Waals surface area contributed by atoms with Gasteiger partial charge in [-0.25, -0.2) is 0 Å². The average molecular weight is 404 g/mol. The van der Waals surface area contributed by atoms with Crippen molar-refractivity contribution in [1.82, 2.24) is 20.4 Å². The highest BCUT2D eigenvalue weighted by molar-refractivity contribution is 5.80. The maximum Gasteiger partial charge on any atom is 0.226 e. The van der Waals surface area contributed by atoms with Gasteiger partial charge >= 0.3 is 0 Å². The molecule has 2 heterocycles. The maximum atomic E-state index is 12.3. The Hall–Kier alpha value is -3.61. The van der Waals surface area contributed by atoms with Gasteiger partial charge in [-0.3, -0.25) is 4.79 Å². The Morgan fingerprint density at radius 3 is 3.00 bits per heavy atom. The highest BCUT2D eigenvalue weighted by atomic mass is 16.5. The number of H-pyrrole nitrogens is 1. The Morgan fingerprint density at radius 2 is 2.13 bits per heavy atom. The molecule has 0 aliphatic heterocycles. The first-order chi connectivity index (χ1) is 14.6. The van der Waals surface area contributed by atoms with Crippen molar-refractivity contribution in [3.63, 3.8) is 0 Å². The fourth-order valence-corrected chi connectivity index (χ4v) is 3.37. The van der Waals surface area contributed by atoms with Gasteiger partial charge in [-0.15, -0.1) is 0 Å². The second kappa shape index (κ2) is 8.82. The van der Waals surface area contributed by atoms with Crippen molar-refractivity contribution in [2.24, 2.45) is 0 Å². The molecule has 0 aliphatic rings. The predicted molar refractivity (Wildman–Crippen MR) is 114 cm³/mol. The molecule has 2 N–H and O–H groups in total. The molecule has 1 amide bonds. The van der Waals surface area contributed by atoms with Gasteiger partial charge in [-0.1, -0.05) is 23.4 Å². The summed E-state index contributed by atoms with van der Waals surface area (Å²) in [4.78, 5) is 19.9. The molecule has 0 saturated heterocycles. The number of carbonyl (C=O) groups is 1. The number of fused-ring (bicyclic) bond motifs is 1. The first kappa shape index (κ1) is 19.7.